The van der Waals surface area contributed by atoms with E-state index in [2.05, 4.69) is 0 Å². The average molecular weight is 549 g/mol. The van der Waals surface area contributed by atoms with E-state index in [1.165, 1.54) is 4.90 Å². The van der Waals surface area contributed by atoms with Crippen molar-refractivity contribution in [2.24, 2.45) is 0 Å². The van der Waals surface area contributed by atoms with Gasteiger partial charge in [-0.25, -0.2) is 4.79 Å². The van der Waals surface area contributed by atoms with E-state index in [1.54, 1.807) is 48.2 Å². The van der Waals surface area contributed by atoms with E-state index in [0.29, 0.717) is 28.4 Å². The monoisotopic (exact) mass is 548 g/mol. The van der Waals surface area contributed by atoms with Gasteiger partial charge in [-0.3, -0.25) is 14.5 Å². The van der Waals surface area contributed by atoms with Gasteiger partial charge in [0.15, 0.2) is 6.04 Å². The highest BCUT2D eigenvalue weighted by Crippen LogP contribution is 2.47. The first-order valence-corrected chi connectivity index (χ1v) is 13.2. The molecule has 2 aliphatic rings. The third kappa shape index (κ3) is 4.68. The fourth-order valence-electron chi connectivity index (χ4n) is 4.43. The molecule has 3 aromatic rings. The lowest BCUT2D eigenvalue weighted by atomic mass is 10.0. The lowest BCUT2D eigenvalue weighted by molar-refractivity contribution is -0.151. The molecular weight excluding hydrogens is 528 g/mol. The smallest absolute Gasteiger partial charge is 0.333 e. The van der Waals surface area contributed by atoms with Crippen molar-refractivity contribution in [2.45, 2.75) is 19.5 Å². The third-order valence-electron chi connectivity index (χ3n) is 6.09. The minimum atomic E-state index is -1.05. The molecule has 2 amide bonds. The van der Waals surface area contributed by atoms with E-state index < -0.39 is 17.9 Å². The van der Waals surface area contributed by atoms with Gasteiger partial charge in [-0.15, -0.1) is 0 Å². The van der Waals surface area contributed by atoms with Crippen molar-refractivity contribution in [2.75, 3.05) is 11.5 Å². The second-order valence-electron chi connectivity index (χ2n) is 8.35. The molecule has 0 aliphatic carbocycles. The topological polar surface area (TPSA) is 66.9 Å². The number of amides is 2. The number of halogens is 1. The van der Waals surface area contributed by atoms with Gasteiger partial charge in [0, 0.05) is 10.6 Å². The van der Waals surface area contributed by atoms with Crippen molar-refractivity contribution in [3.05, 3.63) is 105 Å². The number of thiocarbonyl (C=S) groups is 1. The Balaban J connectivity index is 1.56. The first-order chi connectivity index (χ1) is 17.9. The van der Waals surface area contributed by atoms with Crippen molar-refractivity contribution in [3.8, 4) is 0 Å². The molecule has 1 unspecified atom stereocenters. The number of esters is 1. The number of rotatable bonds is 6. The summed E-state index contributed by atoms with van der Waals surface area (Å²) in [6.07, 6.45) is 0. The Morgan fingerprint density at radius 2 is 1.65 bits per heavy atom. The number of nitrogens with zero attached hydrogens (tertiary/aromatic N) is 2. The quantitative estimate of drug-likeness (QED) is 0.221. The lowest BCUT2D eigenvalue weighted by Crippen LogP contribution is -2.38. The van der Waals surface area contributed by atoms with Crippen LogP contribution in [-0.4, -0.2) is 33.6 Å². The number of anilines is 1. The number of benzene rings is 3. The van der Waals surface area contributed by atoms with E-state index in [1.807, 2.05) is 42.5 Å². The van der Waals surface area contributed by atoms with Crippen LogP contribution in [0.4, 0.5) is 5.69 Å². The molecule has 0 bridgehead atoms. The number of thioether (sulfide) groups is 1. The highest BCUT2D eigenvalue weighted by molar-refractivity contribution is 8.26. The zero-order valence-electron chi connectivity index (χ0n) is 19.7. The molecule has 3 aromatic carbocycles. The summed E-state index contributed by atoms with van der Waals surface area (Å²) >= 11 is 12.6. The van der Waals surface area contributed by atoms with Crippen LogP contribution >= 0.6 is 35.6 Å². The Morgan fingerprint density at radius 3 is 2.35 bits per heavy atom. The molecule has 0 aromatic heterocycles. The zero-order valence-corrected chi connectivity index (χ0v) is 22.1. The first-order valence-electron chi connectivity index (χ1n) is 11.6. The summed E-state index contributed by atoms with van der Waals surface area (Å²) in [5.41, 5.74) is 3.10. The molecule has 186 valence electrons. The first kappa shape index (κ1) is 25.2. The van der Waals surface area contributed by atoms with Crippen LogP contribution in [0.3, 0.4) is 0 Å². The summed E-state index contributed by atoms with van der Waals surface area (Å²) in [5.74, 6) is -1.38. The van der Waals surface area contributed by atoms with Crippen LogP contribution in [-0.2, 0) is 25.7 Å². The van der Waals surface area contributed by atoms with E-state index in [4.69, 9.17) is 28.6 Å². The van der Waals surface area contributed by atoms with Crippen LogP contribution in [0, 0.1) is 0 Å². The Morgan fingerprint density at radius 1 is 0.973 bits per heavy atom. The van der Waals surface area contributed by atoms with Gasteiger partial charge >= 0.3 is 5.97 Å². The van der Waals surface area contributed by atoms with Gasteiger partial charge in [0.2, 0.25) is 0 Å². The lowest BCUT2D eigenvalue weighted by Gasteiger charge is -2.25. The molecule has 1 atom stereocenters. The molecule has 37 heavy (non-hydrogen) atoms. The van der Waals surface area contributed by atoms with Crippen molar-refractivity contribution in [1.29, 1.82) is 0 Å². The van der Waals surface area contributed by atoms with E-state index in [-0.39, 0.29) is 27.3 Å². The fraction of sp³-hybridized carbons (Fsp3) is 0.143. The van der Waals surface area contributed by atoms with Crippen LogP contribution in [0.25, 0.3) is 5.57 Å². The molecule has 0 N–H and O–H groups in total. The highest BCUT2D eigenvalue weighted by atomic mass is 35.5. The number of fused-ring (bicyclic) bond motifs is 1. The zero-order chi connectivity index (χ0) is 26.1. The maximum atomic E-state index is 13.9. The predicted molar refractivity (Wildman–Crippen MR) is 149 cm³/mol. The summed E-state index contributed by atoms with van der Waals surface area (Å²) in [6, 6.07) is 22.4. The van der Waals surface area contributed by atoms with Gasteiger partial charge < -0.3 is 9.64 Å². The van der Waals surface area contributed by atoms with Gasteiger partial charge in [0.05, 0.1) is 29.3 Å². The third-order valence-corrected chi connectivity index (χ3v) is 7.74. The van der Waals surface area contributed by atoms with E-state index in [0.717, 1.165) is 17.3 Å². The molecule has 2 aliphatic heterocycles. The molecule has 0 radical (unpaired) electrons. The highest BCUT2D eigenvalue weighted by Gasteiger charge is 2.46. The molecule has 1 saturated heterocycles. The van der Waals surface area contributed by atoms with Crippen LogP contribution in [0.15, 0.2) is 83.8 Å². The second kappa shape index (κ2) is 10.5. The van der Waals surface area contributed by atoms with Gasteiger partial charge in [0.1, 0.15) is 4.32 Å². The van der Waals surface area contributed by atoms with Gasteiger partial charge in [-0.1, -0.05) is 96.2 Å². The average Bonchev–Trinajstić information content (AvgIpc) is 3.34. The molecular formula is C28H21ClN2O4S2. The maximum absolute atomic E-state index is 13.9. The van der Waals surface area contributed by atoms with Crippen molar-refractivity contribution in [3.63, 3.8) is 0 Å². The number of para-hydroxylation sites is 1. The minimum Gasteiger partial charge on any atom is -0.464 e. The van der Waals surface area contributed by atoms with E-state index >= 15 is 0 Å². The van der Waals surface area contributed by atoms with Crippen molar-refractivity contribution >= 4 is 68.9 Å². The van der Waals surface area contributed by atoms with Crippen molar-refractivity contribution < 1.29 is 19.1 Å². The Kier molecular flexibility index (Phi) is 7.15. The Bertz CT molecular complexity index is 1440. The van der Waals surface area contributed by atoms with Gasteiger partial charge in [-0.05, 0) is 36.2 Å². The number of carbonyl (C=O) groups is 3. The molecule has 2 heterocycles. The SMILES string of the molecule is CCOC(=O)C(c1ccccc1)N1C(=O)/C(=C2/C(=O)N(Cc3ccc(Cl)cc3)c3ccccc32)SC1=S. The maximum Gasteiger partial charge on any atom is 0.333 e. The summed E-state index contributed by atoms with van der Waals surface area (Å²) < 4.78 is 5.49. The summed E-state index contributed by atoms with van der Waals surface area (Å²) in [4.78, 5) is 43.7. The molecule has 0 spiro atoms. The molecule has 0 saturated carbocycles. The number of hydrogen-bond acceptors (Lipinski definition) is 6. The normalized spacial score (nSPS) is 17.8. The molecule has 5 rings (SSSR count). The van der Waals surface area contributed by atoms with Gasteiger partial charge in [0.25, 0.3) is 11.8 Å². The van der Waals surface area contributed by atoms with Crippen LogP contribution in [0.1, 0.15) is 29.7 Å². The predicted octanol–water partition coefficient (Wildman–Crippen LogP) is 5.76. The number of ether oxygens (including phenoxy) is 1. The fourth-order valence-corrected chi connectivity index (χ4v) is 5.94. The van der Waals surface area contributed by atoms with Crippen LogP contribution in [0.2, 0.25) is 5.02 Å². The molecule has 1 fully saturated rings. The Hall–Kier alpha value is -3.46. The largest absolute Gasteiger partial charge is 0.464 e. The minimum absolute atomic E-state index is 0.156. The molecule has 9 heteroatoms. The standard InChI is InChI=1S/C28H21ClN2O4S2/c1-2-35-27(34)23(18-8-4-3-5-9-18)31-26(33)24(37-28(31)36)22-20-10-6-7-11-21(20)30(25(22)32)16-17-12-14-19(29)15-13-17/h3-15,23H,2,16H2,1H3/b24-22-. The summed E-state index contributed by atoms with van der Waals surface area (Å²) in [5, 5.41) is 0.607. The number of carbonyl (C=O) groups excluding carboxylic acids is 3. The van der Waals surface area contributed by atoms with Crippen molar-refractivity contribution in [1.82, 2.24) is 4.90 Å². The summed E-state index contributed by atoms with van der Waals surface area (Å²) in [7, 11) is 0. The van der Waals surface area contributed by atoms with Crippen LogP contribution < -0.4 is 4.90 Å². The van der Waals surface area contributed by atoms with Crippen LogP contribution in [0.5, 0.6) is 0 Å². The number of hydrogen-bond donors (Lipinski definition) is 0. The second-order valence-corrected chi connectivity index (χ2v) is 10.4. The van der Waals surface area contributed by atoms with Gasteiger partial charge in [-0.2, -0.15) is 0 Å². The summed E-state index contributed by atoms with van der Waals surface area (Å²) in [6.45, 7) is 2.17. The van der Waals surface area contributed by atoms with E-state index in [9.17, 15) is 14.4 Å². The molecule has 6 nitrogen and oxygen atoms in total. The Labute approximate surface area is 228 Å².